The molecule has 20 heavy (non-hydrogen) atoms. The Bertz CT molecular complexity index is 756. The van der Waals surface area contributed by atoms with Crippen molar-refractivity contribution < 1.29 is 14.2 Å². The van der Waals surface area contributed by atoms with Gasteiger partial charge in [0, 0.05) is 15.8 Å². The maximum Gasteiger partial charge on any atom is 0.143 e. The first kappa shape index (κ1) is 13.0. The largest absolute Gasteiger partial charge is 0.495 e. The van der Waals surface area contributed by atoms with Gasteiger partial charge in [-0.05, 0) is 41.8 Å². The molecule has 0 saturated heterocycles. The molecule has 0 amide bonds. The van der Waals surface area contributed by atoms with Gasteiger partial charge in [0.25, 0.3) is 0 Å². The zero-order valence-electron chi connectivity index (χ0n) is 10.7. The molecule has 2 aromatic heterocycles. The molecule has 0 fully saturated rings. The number of nitrogens with zero attached hydrogens (tertiary/aromatic N) is 1. The van der Waals surface area contributed by atoms with E-state index < -0.39 is 6.10 Å². The van der Waals surface area contributed by atoms with Gasteiger partial charge in [0.2, 0.25) is 0 Å². The Balaban J connectivity index is 2.05. The van der Waals surface area contributed by atoms with Gasteiger partial charge in [-0.2, -0.15) is 0 Å². The number of hydrogen-bond donors (Lipinski definition) is 1. The second-order valence-corrected chi connectivity index (χ2v) is 5.44. The molecule has 1 atom stereocenters. The van der Waals surface area contributed by atoms with Crippen LogP contribution in [-0.4, -0.2) is 17.2 Å². The van der Waals surface area contributed by atoms with E-state index >= 15 is 0 Å². The Morgan fingerprint density at radius 1 is 1.30 bits per heavy atom. The van der Waals surface area contributed by atoms with Crippen LogP contribution in [0.2, 0.25) is 0 Å². The average molecular weight is 289 g/mol. The zero-order valence-corrected chi connectivity index (χ0v) is 11.5. The Morgan fingerprint density at radius 3 is 2.95 bits per heavy atom. The molecule has 1 aromatic carbocycles. The van der Waals surface area contributed by atoms with Crippen molar-refractivity contribution >= 4 is 21.4 Å². The van der Waals surface area contributed by atoms with Crippen LogP contribution >= 0.6 is 11.3 Å². The SMILES string of the molecule is COc1cccnc1C(O)c1cc2cc(F)ccc2s1. The maximum absolute atomic E-state index is 13.2. The number of rotatable bonds is 3. The van der Waals surface area contributed by atoms with Crippen LogP contribution in [0, 0.1) is 5.82 Å². The third kappa shape index (κ3) is 2.26. The molecule has 102 valence electrons. The third-order valence-corrected chi connectivity index (χ3v) is 4.21. The lowest BCUT2D eigenvalue weighted by Crippen LogP contribution is -2.02. The maximum atomic E-state index is 13.2. The summed E-state index contributed by atoms with van der Waals surface area (Å²) < 4.78 is 19.3. The number of pyridine rings is 1. The summed E-state index contributed by atoms with van der Waals surface area (Å²) >= 11 is 1.42. The fourth-order valence-corrected chi connectivity index (χ4v) is 3.12. The summed E-state index contributed by atoms with van der Waals surface area (Å²) in [5.41, 5.74) is 0.460. The van der Waals surface area contributed by atoms with Crippen molar-refractivity contribution in [2.75, 3.05) is 7.11 Å². The van der Waals surface area contributed by atoms with Crippen LogP contribution in [0.1, 0.15) is 16.7 Å². The summed E-state index contributed by atoms with van der Waals surface area (Å²) in [5.74, 6) is 0.246. The topological polar surface area (TPSA) is 42.4 Å². The number of ether oxygens (including phenoxy) is 1. The Labute approximate surface area is 119 Å². The summed E-state index contributed by atoms with van der Waals surface area (Å²) in [6.45, 7) is 0. The van der Waals surface area contributed by atoms with Crippen LogP contribution < -0.4 is 4.74 Å². The van der Waals surface area contributed by atoms with E-state index in [1.807, 2.05) is 0 Å². The molecule has 3 nitrogen and oxygen atoms in total. The van der Waals surface area contributed by atoms with Crippen LogP contribution in [-0.2, 0) is 0 Å². The highest BCUT2D eigenvalue weighted by molar-refractivity contribution is 7.19. The van der Waals surface area contributed by atoms with E-state index in [1.54, 1.807) is 30.5 Å². The molecule has 0 spiro atoms. The van der Waals surface area contributed by atoms with Gasteiger partial charge in [-0.25, -0.2) is 4.39 Å². The first-order valence-corrected chi connectivity index (χ1v) is 6.86. The van der Waals surface area contributed by atoms with Crippen molar-refractivity contribution in [2.24, 2.45) is 0 Å². The van der Waals surface area contributed by atoms with Crippen molar-refractivity contribution in [3.05, 3.63) is 59.0 Å². The van der Waals surface area contributed by atoms with Crippen molar-refractivity contribution in [1.29, 1.82) is 0 Å². The first-order valence-electron chi connectivity index (χ1n) is 6.05. The van der Waals surface area contributed by atoms with Gasteiger partial charge in [-0.1, -0.05) is 0 Å². The van der Waals surface area contributed by atoms with E-state index in [2.05, 4.69) is 4.98 Å². The summed E-state index contributed by atoms with van der Waals surface area (Å²) in [4.78, 5) is 4.88. The predicted octanol–water partition coefficient (Wildman–Crippen LogP) is 3.53. The summed E-state index contributed by atoms with van der Waals surface area (Å²) in [6.07, 6.45) is 0.722. The minimum absolute atomic E-state index is 0.285. The molecule has 1 unspecified atom stereocenters. The second-order valence-electron chi connectivity index (χ2n) is 4.32. The summed E-state index contributed by atoms with van der Waals surface area (Å²) in [6, 6.07) is 9.85. The van der Waals surface area contributed by atoms with Gasteiger partial charge >= 0.3 is 0 Å². The molecule has 5 heteroatoms. The standard InChI is InChI=1S/C15H12FNO2S/c1-19-11-3-2-6-17-14(11)15(18)13-8-9-7-10(16)4-5-12(9)20-13/h2-8,15,18H,1H3. The number of methoxy groups -OCH3 is 1. The number of benzene rings is 1. The quantitative estimate of drug-likeness (QED) is 0.802. The van der Waals surface area contributed by atoms with Gasteiger partial charge in [-0.3, -0.25) is 4.98 Å². The molecule has 1 N–H and O–H groups in total. The fourth-order valence-electron chi connectivity index (χ4n) is 2.08. The van der Waals surface area contributed by atoms with E-state index in [1.165, 1.54) is 30.6 Å². The van der Waals surface area contributed by atoms with E-state index in [0.717, 1.165) is 10.1 Å². The molecule has 0 aliphatic rings. The van der Waals surface area contributed by atoms with Crippen molar-refractivity contribution in [1.82, 2.24) is 4.98 Å². The highest BCUT2D eigenvalue weighted by Crippen LogP contribution is 2.35. The average Bonchev–Trinajstić information content (AvgIpc) is 2.89. The molecule has 0 radical (unpaired) electrons. The van der Waals surface area contributed by atoms with Gasteiger partial charge in [-0.15, -0.1) is 11.3 Å². The van der Waals surface area contributed by atoms with E-state index in [-0.39, 0.29) is 5.82 Å². The minimum atomic E-state index is -0.883. The zero-order chi connectivity index (χ0) is 14.1. The number of aliphatic hydroxyl groups is 1. The van der Waals surface area contributed by atoms with Crippen LogP contribution in [0.5, 0.6) is 5.75 Å². The Kier molecular flexibility index (Phi) is 3.38. The molecule has 2 heterocycles. The van der Waals surface area contributed by atoms with Crippen molar-refractivity contribution in [3.8, 4) is 5.75 Å². The highest BCUT2D eigenvalue weighted by atomic mass is 32.1. The minimum Gasteiger partial charge on any atom is -0.495 e. The first-order chi connectivity index (χ1) is 9.69. The van der Waals surface area contributed by atoms with Gasteiger partial charge < -0.3 is 9.84 Å². The summed E-state index contributed by atoms with van der Waals surface area (Å²) in [7, 11) is 1.54. The lowest BCUT2D eigenvalue weighted by molar-refractivity contribution is 0.213. The summed E-state index contributed by atoms with van der Waals surface area (Å²) in [5, 5.41) is 11.2. The molecule has 0 aliphatic heterocycles. The molecule has 0 saturated carbocycles. The number of aromatic nitrogens is 1. The van der Waals surface area contributed by atoms with Crippen LogP contribution in [0.3, 0.4) is 0 Å². The van der Waals surface area contributed by atoms with Crippen LogP contribution in [0.25, 0.3) is 10.1 Å². The second kappa shape index (κ2) is 5.19. The Hall–Kier alpha value is -1.98. The van der Waals surface area contributed by atoms with Crippen molar-refractivity contribution in [3.63, 3.8) is 0 Å². The monoisotopic (exact) mass is 289 g/mol. The van der Waals surface area contributed by atoms with Crippen molar-refractivity contribution in [2.45, 2.75) is 6.10 Å². The normalized spacial score (nSPS) is 12.6. The number of aliphatic hydroxyl groups excluding tert-OH is 1. The molecule has 3 aromatic rings. The van der Waals surface area contributed by atoms with E-state index in [4.69, 9.17) is 4.74 Å². The van der Waals surface area contributed by atoms with Gasteiger partial charge in [0.05, 0.1) is 7.11 Å². The number of thiophene rings is 1. The smallest absolute Gasteiger partial charge is 0.143 e. The number of halogens is 1. The Morgan fingerprint density at radius 2 is 2.15 bits per heavy atom. The van der Waals surface area contributed by atoms with E-state index in [0.29, 0.717) is 16.3 Å². The van der Waals surface area contributed by atoms with E-state index in [9.17, 15) is 9.50 Å². The highest BCUT2D eigenvalue weighted by Gasteiger charge is 2.19. The van der Waals surface area contributed by atoms with Crippen LogP contribution in [0.4, 0.5) is 4.39 Å². The molecular weight excluding hydrogens is 277 g/mol. The van der Waals surface area contributed by atoms with Gasteiger partial charge in [0.15, 0.2) is 0 Å². The third-order valence-electron chi connectivity index (χ3n) is 3.05. The molecular formula is C15H12FNO2S. The number of fused-ring (bicyclic) bond motifs is 1. The predicted molar refractivity (Wildman–Crippen MR) is 76.6 cm³/mol. The number of hydrogen-bond acceptors (Lipinski definition) is 4. The lowest BCUT2D eigenvalue weighted by Gasteiger charge is -2.11. The molecule has 0 bridgehead atoms. The fraction of sp³-hybridized carbons (Fsp3) is 0.133. The molecule has 0 aliphatic carbocycles. The lowest BCUT2D eigenvalue weighted by atomic mass is 10.1. The van der Waals surface area contributed by atoms with Gasteiger partial charge in [0.1, 0.15) is 23.4 Å². The molecule has 3 rings (SSSR count). The van der Waals surface area contributed by atoms with Crippen LogP contribution in [0.15, 0.2) is 42.6 Å².